The number of benzene rings is 2. The molecule has 0 atom stereocenters. The lowest BCUT2D eigenvalue weighted by atomic mass is 10.2. The number of nitrogens with zero attached hydrogens (tertiary/aromatic N) is 2. The van der Waals surface area contributed by atoms with Crippen molar-refractivity contribution < 1.29 is 9.18 Å². The Hall–Kier alpha value is -2.93. The first-order valence-corrected chi connectivity index (χ1v) is 9.67. The second-order valence-corrected chi connectivity index (χ2v) is 7.40. The SMILES string of the molecule is O=C(CCCn1c(=O)c2cccn2c2ccc(Br)cc21)Nc1ccccc1F. The second kappa shape index (κ2) is 7.59. The molecule has 0 spiro atoms. The van der Waals surface area contributed by atoms with E-state index in [4.69, 9.17) is 0 Å². The number of anilines is 1. The van der Waals surface area contributed by atoms with Crippen molar-refractivity contribution in [3.8, 4) is 0 Å². The van der Waals surface area contributed by atoms with Gasteiger partial charge in [-0.05, 0) is 48.9 Å². The molecule has 0 radical (unpaired) electrons. The monoisotopic (exact) mass is 441 g/mol. The first-order valence-electron chi connectivity index (χ1n) is 8.88. The molecule has 0 bridgehead atoms. The number of nitrogens with one attached hydrogen (secondary N) is 1. The van der Waals surface area contributed by atoms with Crippen LogP contribution in [-0.2, 0) is 11.3 Å². The van der Waals surface area contributed by atoms with Gasteiger partial charge in [0.05, 0.1) is 16.7 Å². The Morgan fingerprint density at radius 2 is 1.86 bits per heavy atom. The van der Waals surface area contributed by atoms with Gasteiger partial charge in [0.15, 0.2) is 0 Å². The van der Waals surface area contributed by atoms with Crippen LogP contribution in [0.15, 0.2) is 70.1 Å². The van der Waals surface area contributed by atoms with Crippen LogP contribution in [0, 0.1) is 5.82 Å². The Balaban J connectivity index is 1.57. The zero-order valence-electron chi connectivity index (χ0n) is 14.9. The average molecular weight is 442 g/mol. The van der Waals surface area contributed by atoms with Crippen LogP contribution in [0.5, 0.6) is 0 Å². The maximum Gasteiger partial charge on any atom is 0.275 e. The standard InChI is InChI=1S/C21H17BrFN3O2/c22-14-9-10-17-19(13-14)26(21(28)18-7-3-11-25(17)18)12-4-8-20(27)24-16-6-2-1-5-15(16)23/h1-3,5-7,9-11,13H,4,8,12H2,(H,24,27). The maximum absolute atomic E-state index is 13.7. The number of hydrogen-bond donors (Lipinski definition) is 1. The predicted molar refractivity (Wildman–Crippen MR) is 111 cm³/mol. The molecular formula is C21H17BrFN3O2. The summed E-state index contributed by atoms with van der Waals surface area (Å²) in [6, 6.07) is 15.4. The normalized spacial score (nSPS) is 11.2. The highest BCUT2D eigenvalue weighted by Crippen LogP contribution is 2.21. The van der Waals surface area contributed by atoms with Gasteiger partial charge < -0.3 is 14.3 Å². The van der Waals surface area contributed by atoms with E-state index in [0.29, 0.717) is 18.5 Å². The number of aromatic nitrogens is 2. The highest BCUT2D eigenvalue weighted by Gasteiger charge is 2.12. The van der Waals surface area contributed by atoms with E-state index in [9.17, 15) is 14.0 Å². The number of amides is 1. The quantitative estimate of drug-likeness (QED) is 0.492. The molecule has 142 valence electrons. The molecule has 0 aliphatic rings. The molecule has 4 rings (SSSR count). The lowest BCUT2D eigenvalue weighted by Gasteiger charge is -2.13. The highest BCUT2D eigenvalue weighted by molar-refractivity contribution is 9.10. The molecule has 1 amide bonds. The van der Waals surface area contributed by atoms with Gasteiger partial charge in [-0.3, -0.25) is 9.59 Å². The van der Waals surface area contributed by atoms with E-state index in [1.807, 2.05) is 34.9 Å². The largest absolute Gasteiger partial charge is 0.324 e. The Morgan fingerprint density at radius 1 is 1.04 bits per heavy atom. The zero-order chi connectivity index (χ0) is 19.7. The molecule has 2 aromatic carbocycles. The third-order valence-electron chi connectivity index (χ3n) is 4.63. The molecule has 0 saturated heterocycles. The molecular weight excluding hydrogens is 425 g/mol. The molecule has 0 aliphatic carbocycles. The van der Waals surface area contributed by atoms with Crippen LogP contribution in [-0.4, -0.2) is 14.9 Å². The van der Waals surface area contributed by atoms with Gasteiger partial charge in [-0.15, -0.1) is 0 Å². The van der Waals surface area contributed by atoms with Crippen LogP contribution in [0.4, 0.5) is 10.1 Å². The Bertz CT molecular complexity index is 1250. The smallest absolute Gasteiger partial charge is 0.275 e. The number of halogens is 2. The molecule has 5 nitrogen and oxygen atoms in total. The van der Waals surface area contributed by atoms with Gasteiger partial charge in [0.1, 0.15) is 11.3 Å². The van der Waals surface area contributed by atoms with Crippen molar-refractivity contribution in [1.82, 2.24) is 8.97 Å². The molecule has 1 N–H and O–H groups in total. The molecule has 0 fully saturated rings. The molecule has 0 unspecified atom stereocenters. The molecule has 4 aromatic rings. The van der Waals surface area contributed by atoms with Crippen LogP contribution in [0.3, 0.4) is 0 Å². The molecule has 0 saturated carbocycles. The number of rotatable bonds is 5. The highest BCUT2D eigenvalue weighted by atomic mass is 79.9. The maximum atomic E-state index is 13.7. The summed E-state index contributed by atoms with van der Waals surface area (Å²) in [6.45, 7) is 0.387. The lowest BCUT2D eigenvalue weighted by Crippen LogP contribution is -2.23. The van der Waals surface area contributed by atoms with Gasteiger partial charge in [-0.2, -0.15) is 0 Å². The van der Waals surface area contributed by atoms with Crippen LogP contribution < -0.4 is 10.9 Å². The van der Waals surface area contributed by atoms with E-state index in [1.54, 1.807) is 22.8 Å². The summed E-state index contributed by atoms with van der Waals surface area (Å²) in [5.74, 6) is -0.756. The van der Waals surface area contributed by atoms with Gasteiger partial charge in [0.2, 0.25) is 5.91 Å². The minimum Gasteiger partial charge on any atom is -0.324 e. The number of fused-ring (bicyclic) bond motifs is 3. The van der Waals surface area contributed by atoms with E-state index < -0.39 is 5.82 Å². The topological polar surface area (TPSA) is 55.5 Å². The van der Waals surface area contributed by atoms with Crippen molar-refractivity contribution >= 4 is 44.1 Å². The lowest BCUT2D eigenvalue weighted by molar-refractivity contribution is -0.116. The van der Waals surface area contributed by atoms with Crippen LogP contribution in [0.1, 0.15) is 12.8 Å². The van der Waals surface area contributed by atoms with E-state index in [0.717, 1.165) is 15.5 Å². The summed E-state index contributed by atoms with van der Waals surface area (Å²) < 4.78 is 18.1. The van der Waals surface area contributed by atoms with E-state index in [-0.39, 0.29) is 23.6 Å². The number of carbonyl (C=O) groups is 1. The van der Waals surface area contributed by atoms with E-state index in [2.05, 4.69) is 21.2 Å². The molecule has 0 aliphatic heterocycles. The summed E-state index contributed by atoms with van der Waals surface area (Å²) in [6.07, 6.45) is 2.50. The first kappa shape index (κ1) is 18.4. The van der Waals surface area contributed by atoms with Crippen LogP contribution in [0.25, 0.3) is 16.6 Å². The molecule has 28 heavy (non-hydrogen) atoms. The van der Waals surface area contributed by atoms with E-state index in [1.165, 1.54) is 12.1 Å². The van der Waals surface area contributed by atoms with Gasteiger partial charge in [-0.25, -0.2) is 4.39 Å². The number of hydrogen-bond acceptors (Lipinski definition) is 2. The Kier molecular flexibility index (Phi) is 5.00. The van der Waals surface area contributed by atoms with Crippen molar-refractivity contribution in [3.05, 3.63) is 81.4 Å². The molecule has 7 heteroatoms. The number of aryl methyl sites for hydroxylation is 1. The average Bonchev–Trinajstić information content (AvgIpc) is 3.16. The van der Waals surface area contributed by atoms with Crippen LogP contribution in [0.2, 0.25) is 0 Å². The third kappa shape index (κ3) is 3.45. The fraction of sp³-hybridized carbons (Fsp3) is 0.143. The van der Waals surface area contributed by atoms with Gasteiger partial charge in [0.25, 0.3) is 5.56 Å². The van der Waals surface area contributed by atoms with Crippen molar-refractivity contribution in [1.29, 1.82) is 0 Å². The van der Waals surface area contributed by atoms with Crippen LogP contribution >= 0.6 is 15.9 Å². The minimum absolute atomic E-state index is 0.106. The van der Waals surface area contributed by atoms with Crippen molar-refractivity contribution in [2.24, 2.45) is 0 Å². The first-order chi connectivity index (χ1) is 13.5. The summed E-state index contributed by atoms with van der Waals surface area (Å²) in [7, 11) is 0. The van der Waals surface area contributed by atoms with Crippen molar-refractivity contribution in [3.63, 3.8) is 0 Å². The summed E-state index contributed by atoms with van der Waals surface area (Å²) in [5.41, 5.74) is 2.35. The Labute approximate surface area is 168 Å². The molecule has 2 heterocycles. The second-order valence-electron chi connectivity index (χ2n) is 6.48. The van der Waals surface area contributed by atoms with Gasteiger partial charge >= 0.3 is 0 Å². The summed E-state index contributed by atoms with van der Waals surface area (Å²) >= 11 is 3.46. The fourth-order valence-electron chi connectivity index (χ4n) is 3.32. The van der Waals surface area contributed by atoms with Crippen molar-refractivity contribution in [2.75, 3.05) is 5.32 Å². The fourth-order valence-corrected chi connectivity index (χ4v) is 3.67. The number of carbonyl (C=O) groups excluding carboxylic acids is 1. The van der Waals surface area contributed by atoms with Gasteiger partial charge in [0, 0.05) is 23.6 Å². The molecule has 2 aromatic heterocycles. The predicted octanol–water partition coefficient (Wildman–Crippen LogP) is 4.57. The minimum atomic E-state index is -0.471. The Morgan fingerprint density at radius 3 is 2.68 bits per heavy atom. The number of para-hydroxylation sites is 1. The third-order valence-corrected chi connectivity index (χ3v) is 5.13. The van der Waals surface area contributed by atoms with E-state index >= 15 is 0 Å². The van der Waals surface area contributed by atoms with Gasteiger partial charge in [-0.1, -0.05) is 28.1 Å². The van der Waals surface area contributed by atoms with Crippen molar-refractivity contribution in [2.45, 2.75) is 19.4 Å². The summed E-state index contributed by atoms with van der Waals surface area (Å²) in [5, 5.41) is 2.57. The summed E-state index contributed by atoms with van der Waals surface area (Å²) in [4.78, 5) is 25.1. The zero-order valence-corrected chi connectivity index (χ0v) is 16.4.